The van der Waals surface area contributed by atoms with Gasteiger partial charge in [0.15, 0.2) is 0 Å². The summed E-state index contributed by atoms with van der Waals surface area (Å²) in [5.41, 5.74) is 0. The smallest absolute Gasteiger partial charge is 0.328 e. The molecular weight excluding hydrogens is 189 g/mol. The van der Waals surface area contributed by atoms with E-state index in [0.717, 1.165) is 0 Å². The Kier molecular flexibility index (Phi) is 12.5. The maximum absolute atomic E-state index is 9.01. The van der Waals surface area contributed by atoms with Crippen molar-refractivity contribution in [3.8, 4) is 0 Å². The molecule has 0 heterocycles. The minimum Gasteiger partial charge on any atom is -0.328 e. The summed E-state index contributed by atoms with van der Waals surface area (Å²) >= 11 is 0. The first-order chi connectivity index (χ1) is 5.93. The molecule has 0 aromatic rings. The fourth-order valence-corrected chi connectivity index (χ4v) is 1.16. The number of hydrogen-bond donors (Lipinski definition) is 2. The van der Waals surface area contributed by atoms with Crippen LogP contribution in [0.25, 0.3) is 0 Å². The predicted octanol–water partition coefficient (Wildman–Crippen LogP) is 1.89. The summed E-state index contributed by atoms with van der Waals surface area (Å²) < 4.78 is 9.92. The first-order valence-corrected chi connectivity index (χ1v) is 5.48. The topological polar surface area (TPSA) is 50.7 Å². The maximum Gasteiger partial charge on any atom is 0.330 e. The van der Waals surface area contributed by atoms with Gasteiger partial charge >= 0.3 is 8.60 Å². The largest absolute Gasteiger partial charge is 0.330 e. The zero-order chi connectivity index (χ0) is 10.9. The SMILES string of the molecule is CC(C)OP(O)OC(C)C.CNC. The molecule has 2 N–H and O–H groups in total. The molecule has 0 rings (SSSR count). The highest BCUT2D eigenvalue weighted by molar-refractivity contribution is 7.40. The highest BCUT2D eigenvalue weighted by Crippen LogP contribution is 2.35. The fraction of sp³-hybridized carbons (Fsp3) is 1.00. The Morgan fingerprint density at radius 2 is 1.23 bits per heavy atom. The lowest BCUT2D eigenvalue weighted by atomic mass is 10.5. The van der Waals surface area contributed by atoms with Crippen molar-refractivity contribution in [2.45, 2.75) is 39.9 Å². The van der Waals surface area contributed by atoms with Gasteiger partial charge in [0.2, 0.25) is 0 Å². The lowest BCUT2D eigenvalue weighted by Crippen LogP contribution is -2.03. The van der Waals surface area contributed by atoms with E-state index in [1.54, 1.807) is 0 Å². The Morgan fingerprint density at radius 1 is 1.00 bits per heavy atom. The van der Waals surface area contributed by atoms with Crippen molar-refractivity contribution in [1.29, 1.82) is 0 Å². The molecule has 0 saturated heterocycles. The summed E-state index contributed by atoms with van der Waals surface area (Å²) in [5.74, 6) is 0. The van der Waals surface area contributed by atoms with Gasteiger partial charge < -0.3 is 19.3 Å². The standard InChI is InChI=1S/C6H15O3P.C2H7N/c1-5(2)8-10(7)9-6(3)4;1-3-2/h5-7H,1-4H3;3H,1-2H3. The molecule has 82 valence electrons. The number of rotatable bonds is 4. The highest BCUT2D eigenvalue weighted by Gasteiger charge is 2.10. The van der Waals surface area contributed by atoms with Gasteiger partial charge in [-0.15, -0.1) is 0 Å². The number of nitrogens with one attached hydrogen (secondary N) is 1. The minimum atomic E-state index is -1.66. The van der Waals surface area contributed by atoms with Crippen molar-refractivity contribution in [2.24, 2.45) is 0 Å². The van der Waals surface area contributed by atoms with Gasteiger partial charge in [-0.1, -0.05) is 0 Å². The van der Waals surface area contributed by atoms with Crippen molar-refractivity contribution in [2.75, 3.05) is 14.1 Å². The first-order valence-electron chi connectivity index (χ1n) is 4.35. The van der Waals surface area contributed by atoms with Crippen LogP contribution in [0.4, 0.5) is 0 Å². The van der Waals surface area contributed by atoms with E-state index in [-0.39, 0.29) is 12.2 Å². The lowest BCUT2D eigenvalue weighted by Gasteiger charge is -2.14. The summed E-state index contributed by atoms with van der Waals surface area (Å²) in [5, 5.41) is 2.75. The molecule has 0 aromatic carbocycles. The summed E-state index contributed by atoms with van der Waals surface area (Å²) in [6.45, 7) is 7.43. The van der Waals surface area contributed by atoms with E-state index in [1.807, 2.05) is 41.8 Å². The quantitative estimate of drug-likeness (QED) is 0.697. The molecule has 0 amide bonds. The molecule has 0 aliphatic rings. The molecule has 0 aliphatic heterocycles. The first kappa shape index (κ1) is 15.7. The zero-order valence-corrected chi connectivity index (χ0v) is 10.3. The summed E-state index contributed by atoms with van der Waals surface area (Å²) in [7, 11) is 2.09. The Labute approximate surface area is 82.6 Å². The van der Waals surface area contributed by atoms with Crippen LogP contribution < -0.4 is 5.32 Å². The Hall–Kier alpha value is 0.270. The number of hydrogen-bond acceptors (Lipinski definition) is 4. The van der Waals surface area contributed by atoms with Gasteiger partial charge in [-0.05, 0) is 41.8 Å². The van der Waals surface area contributed by atoms with Crippen LogP contribution in [0.1, 0.15) is 27.7 Å². The van der Waals surface area contributed by atoms with Crippen molar-refractivity contribution < 1.29 is 13.9 Å². The van der Waals surface area contributed by atoms with E-state index in [9.17, 15) is 0 Å². The third kappa shape index (κ3) is 18.9. The van der Waals surface area contributed by atoms with E-state index < -0.39 is 8.60 Å². The minimum absolute atomic E-state index is 0.0230. The monoisotopic (exact) mass is 211 g/mol. The van der Waals surface area contributed by atoms with Crippen molar-refractivity contribution in [1.82, 2.24) is 5.32 Å². The molecule has 4 nitrogen and oxygen atoms in total. The van der Waals surface area contributed by atoms with Gasteiger partial charge in [0.1, 0.15) is 0 Å². The molecule has 0 radical (unpaired) electrons. The van der Waals surface area contributed by atoms with E-state index in [1.165, 1.54) is 0 Å². The van der Waals surface area contributed by atoms with E-state index in [4.69, 9.17) is 13.9 Å². The normalized spacial score (nSPS) is 10.6. The Bertz CT molecular complexity index is 91.4. The van der Waals surface area contributed by atoms with Gasteiger partial charge in [-0.25, -0.2) is 0 Å². The van der Waals surface area contributed by atoms with Crippen molar-refractivity contribution >= 4 is 8.60 Å². The van der Waals surface area contributed by atoms with Gasteiger partial charge in [0.05, 0.1) is 12.2 Å². The van der Waals surface area contributed by atoms with Crippen LogP contribution in [0.15, 0.2) is 0 Å². The Balaban J connectivity index is 0. The van der Waals surface area contributed by atoms with Crippen LogP contribution in [0.5, 0.6) is 0 Å². The molecule has 0 saturated carbocycles. The molecule has 0 fully saturated rings. The second-order valence-corrected chi connectivity index (χ2v) is 3.94. The van der Waals surface area contributed by atoms with Gasteiger partial charge in [-0.2, -0.15) is 0 Å². The van der Waals surface area contributed by atoms with Crippen LogP contribution in [0.2, 0.25) is 0 Å². The van der Waals surface area contributed by atoms with Crippen LogP contribution in [-0.2, 0) is 9.05 Å². The Morgan fingerprint density at radius 3 is 1.38 bits per heavy atom. The summed E-state index contributed by atoms with van der Waals surface area (Å²) in [4.78, 5) is 9.01. The van der Waals surface area contributed by atoms with Crippen LogP contribution in [-0.4, -0.2) is 31.2 Å². The second kappa shape index (κ2) is 10.4. The molecule has 0 aliphatic carbocycles. The molecule has 0 spiro atoms. The predicted molar refractivity (Wildman–Crippen MR) is 56.6 cm³/mol. The fourth-order valence-electron chi connectivity index (χ4n) is 0.386. The van der Waals surface area contributed by atoms with Crippen LogP contribution >= 0.6 is 8.60 Å². The molecule has 0 aromatic heterocycles. The average molecular weight is 211 g/mol. The van der Waals surface area contributed by atoms with Crippen molar-refractivity contribution in [3.63, 3.8) is 0 Å². The molecule has 0 atom stereocenters. The molecule has 0 unspecified atom stereocenters. The molecular formula is C8H22NO3P. The van der Waals surface area contributed by atoms with Gasteiger partial charge in [0.25, 0.3) is 0 Å². The van der Waals surface area contributed by atoms with E-state index >= 15 is 0 Å². The third-order valence-electron chi connectivity index (χ3n) is 0.602. The average Bonchev–Trinajstić information content (AvgIpc) is 1.83. The van der Waals surface area contributed by atoms with Crippen LogP contribution in [0, 0.1) is 0 Å². The van der Waals surface area contributed by atoms with Gasteiger partial charge in [0, 0.05) is 0 Å². The molecule has 0 bridgehead atoms. The summed E-state index contributed by atoms with van der Waals surface area (Å²) in [6, 6.07) is 0. The van der Waals surface area contributed by atoms with E-state index in [0.29, 0.717) is 0 Å². The van der Waals surface area contributed by atoms with Crippen LogP contribution in [0.3, 0.4) is 0 Å². The molecule has 5 heteroatoms. The third-order valence-corrected chi connectivity index (χ3v) is 1.81. The lowest BCUT2D eigenvalue weighted by molar-refractivity contribution is 0.139. The zero-order valence-electron chi connectivity index (χ0n) is 9.37. The highest BCUT2D eigenvalue weighted by atomic mass is 31.2. The second-order valence-electron chi connectivity index (χ2n) is 3.05. The maximum atomic E-state index is 9.01. The van der Waals surface area contributed by atoms with Crippen molar-refractivity contribution in [3.05, 3.63) is 0 Å². The van der Waals surface area contributed by atoms with E-state index in [2.05, 4.69) is 5.32 Å². The molecule has 13 heavy (non-hydrogen) atoms. The van der Waals surface area contributed by atoms with Gasteiger partial charge in [-0.3, -0.25) is 0 Å². The summed E-state index contributed by atoms with van der Waals surface area (Å²) in [6.07, 6.45) is 0.0460.